The Kier molecular flexibility index (Phi) is 28.7. The number of allylic oxidation sites excluding steroid dienone is 12. The van der Waals surface area contributed by atoms with E-state index in [1.54, 1.807) is 91.1 Å². The second-order valence-electron chi connectivity index (χ2n) is 24.0. The van der Waals surface area contributed by atoms with Crippen molar-refractivity contribution >= 4 is 17.9 Å². The molecule has 4 unspecified atom stereocenters. The zero-order valence-corrected chi connectivity index (χ0v) is 55.1. The normalized spacial score (nSPS) is 12.5. The monoisotopic (exact) mass is 1260 g/mol. The molecule has 0 bridgehead atoms. The van der Waals surface area contributed by atoms with Crippen molar-refractivity contribution in [2.75, 3.05) is 0 Å². The predicted octanol–water partition coefficient (Wildman–Crippen LogP) is 19.7. The van der Waals surface area contributed by atoms with Crippen LogP contribution in [0.5, 0.6) is 34.5 Å². The molecule has 0 aliphatic rings. The number of phenolic OH excluding ortho intramolecular Hbond substituents is 3. The van der Waals surface area contributed by atoms with E-state index in [-0.39, 0.29) is 66.1 Å². The Labute approximate surface area is 559 Å². The Bertz CT molecular complexity index is 3540. The molecule has 0 aliphatic carbocycles. The summed E-state index contributed by atoms with van der Waals surface area (Å²) in [5, 5.41) is 31.8. The van der Waals surface area contributed by atoms with Crippen LogP contribution in [-0.4, -0.2) is 33.2 Å². The molecule has 0 amide bonds. The number of aromatic hydroxyl groups is 3. The van der Waals surface area contributed by atoms with Crippen LogP contribution in [0.25, 0.3) is 0 Å². The summed E-state index contributed by atoms with van der Waals surface area (Å²) in [6.07, 6.45) is 27.1. The molecule has 3 N–H and O–H groups in total. The van der Waals surface area contributed by atoms with Crippen LogP contribution in [0.3, 0.4) is 0 Å². The number of hydrogen-bond acceptors (Lipinski definition) is 9. The molecule has 6 aromatic rings. The molecule has 0 heterocycles. The number of ether oxygens (including phenoxy) is 3. The number of carbonyl (C=O) groups excluding carboxylic acids is 3. The summed E-state index contributed by atoms with van der Waals surface area (Å²) < 4.78 is 19.5. The minimum atomic E-state index is -0.435. The molecule has 94 heavy (non-hydrogen) atoms. The quantitative estimate of drug-likeness (QED) is 0.0194. The molecule has 0 aliphatic heterocycles. The molecule has 0 saturated heterocycles. The second-order valence-corrected chi connectivity index (χ2v) is 24.0. The summed E-state index contributed by atoms with van der Waals surface area (Å²) in [4.78, 5) is 43.1. The molecule has 9 heteroatoms. The highest BCUT2D eigenvalue weighted by atomic mass is 16.5. The van der Waals surface area contributed by atoms with E-state index in [9.17, 15) is 29.7 Å². The van der Waals surface area contributed by atoms with Crippen LogP contribution in [0, 0.1) is 0 Å². The molecule has 4 atom stereocenters. The number of phenols is 3. The number of benzene rings is 6. The predicted molar refractivity (Wildman–Crippen MR) is 387 cm³/mol. The molecule has 0 spiro atoms. The minimum Gasteiger partial charge on any atom is -0.508 e. The van der Waals surface area contributed by atoms with Gasteiger partial charge in [-0.2, -0.15) is 0 Å². The molecular formula is C85H94O9. The topological polar surface area (TPSA) is 140 Å². The largest absolute Gasteiger partial charge is 0.508 e. The highest BCUT2D eigenvalue weighted by Crippen LogP contribution is 2.44. The Morgan fingerprint density at radius 3 is 0.787 bits per heavy atom. The van der Waals surface area contributed by atoms with Crippen LogP contribution >= 0.6 is 0 Å². The van der Waals surface area contributed by atoms with Crippen LogP contribution in [0.1, 0.15) is 165 Å². The maximum Gasteiger partial charge on any atom is 0.311 e. The van der Waals surface area contributed by atoms with E-state index in [2.05, 4.69) is 122 Å². The fourth-order valence-corrected chi connectivity index (χ4v) is 12.4. The van der Waals surface area contributed by atoms with Crippen LogP contribution in [0.15, 0.2) is 243 Å². The summed E-state index contributed by atoms with van der Waals surface area (Å²) in [5.74, 6) is -0.833. The lowest BCUT2D eigenvalue weighted by molar-refractivity contribution is -0.135. The molecule has 6 aromatic carbocycles. The number of rotatable bonds is 41. The first-order valence-electron chi connectivity index (χ1n) is 32.3. The van der Waals surface area contributed by atoms with Gasteiger partial charge in [0.15, 0.2) is 0 Å². The van der Waals surface area contributed by atoms with Crippen molar-refractivity contribution < 1.29 is 43.9 Å². The van der Waals surface area contributed by atoms with E-state index in [1.807, 2.05) is 36.4 Å². The van der Waals surface area contributed by atoms with E-state index < -0.39 is 17.9 Å². The van der Waals surface area contributed by atoms with Crippen molar-refractivity contribution in [3.8, 4) is 34.5 Å². The Morgan fingerprint density at radius 1 is 0.330 bits per heavy atom. The van der Waals surface area contributed by atoms with Crippen molar-refractivity contribution in [2.45, 2.75) is 139 Å². The van der Waals surface area contributed by atoms with Gasteiger partial charge >= 0.3 is 17.9 Å². The average molecular weight is 1260 g/mol. The van der Waals surface area contributed by atoms with Crippen LogP contribution < -0.4 is 14.2 Å². The highest BCUT2D eigenvalue weighted by molar-refractivity contribution is 5.77. The molecule has 0 saturated carbocycles. The zero-order valence-electron chi connectivity index (χ0n) is 55.1. The fourth-order valence-electron chi connectivity index (χ4n) is 12.4. The van der Waals surface area contributed by atoms with Crippen molar-refractivity contribution in [3.05, 3.63) is 326 Å². The fraction of sp³-hybridized carbons (Fsp3) is 0.259. The molecule has 6 rings (SSSR count). The van der Waals surface area contributed by atoms with Crippen LogP contribution in [0.2, 0.25) is 0 Å². The van der Waals surface area contributed by atoms with Gasteiger partial charge in [0.05, 0.1) is 19.3 Å². The van der Waals surface area contributed by atoms with Crippen molar-refractivity contribution in [1.29, 1.82) is 0 Å². The van der Waals surface area contributed by atoms with Gasteiger partial charge in [-0.05, 0) is 209 Å². The van der Waals surface area contributed by atoms with Gasteiger partial charge in [-0.3, -0.25) is 14.4 Å². The summed E-state index contributed by atoms with van der Waals surface area (Å²) >= 11 is 0. The lowest BCUT2D eigenvalue weighted by atomic mass is 9.78. The van der Waals surface area contributed by atoms with Gasteiger partial charge in [-0.25, -0.2) is 0 Å². The van der Waals surface area contributed by atoms with E-state index in [1.165, 1.54) is 0 Å². The lowest BCUT2D eigenvalue weighted by Gasteiger charge is -2.28. The molecule has 0 radical (unpaired) electrons. The summed E-state index contributed by atoms with van der Waals surface area (Å²) in [7, 11) is 0. The number of esters is 3. The zero-order chi connectivity index (χ0) is 68.3. The van der Waals surface area contributed by atoms with Gasteiger partial charge in [-0.15, -0.1) is 78.9 Å². The third kappa shape index (κ3) is 19.8. The molecule has 0 fully saturated rings. The Morgan fingerprint density at radius 2 is 0.553 bits per heavy atom. The summed E-state index contributed by atoms with van der Waals surface area (Å²) in [6.45, 7) is 50.6. The van der Waals surface area contributed by atoms with Gasteiger partial charge in [0.25, 0.3) is 0 Å². The molecule has 9 nitrogen and oxygen atoms in total. The van der Waals surface area contributed by atoms with Crippen LogP contribution in [-0.2, 0) is 72.2 Å². The van der Waals surface area contributed by atoms with Crippen molar-refractivity contribution in [2.24, 2.45) is 0 Å². The summed E-state index contributed by atoms with van der Waals surface area (Å²) in [6, 6.07) is 28.7. The first kappa shape index (κ1) is 73.1. The minimum absolute atomic E-state index is 0.0389. The standard InChI is InChI=1S/C85H94O9/c1-14-26-58(61-38-41-77(86)64(45-61)29-17-4)54-80(89)92-83-67(32-20-7)48-73(49-68(83)33-21-8)57(13)44-76(74-50-69(34-22-9)84(70(51-74)35-23-10)93-81(90)55-59(27-15-2)62-39-42-78(87)65(46-62)30-18-5)75-52-71(36-24-11)85(72(53-75)37-25-12)94-82(91)56-60(28-16-3)63-40-43-79(88)66(47-63)31-19-6/h14-25,38-43,45-53,57-60,76,86-88H,1-12,26-37,44,54-56H2,13H3. The van der Waals surface area contributed by atoms with Gasteiger partial charge in [0, 0.05) is 5.92 Å². The van der Waals surface area contributed by atoms with Gasteiger partial charge in [0.2, 0.25) is 0 Å². The van der Waals surface area contributed by atoms with E-state index in [0.29, 0.717) is 117 Å². The first-order valence-corrected chi connectivity index (χ1v) is 32.3. The molecule has 0 aromatic heterocycles. The molecular weight excluding hydrogens is 1160 g/mol. The van der Waals surface area contributed by atoms with Crippen molar-refractivity contribution in [3.63, 3.8) is 0 Å². The third-order valence-electron chi connectivity index (χ3n) is 17.0. The Hall–Kier alpha value is -9.99. The maximum absolute atomic E-state index is 14.4. The second kappa shape index (κ2) is 36.9. The van der Waals surface area contributed by atoms with Gasteiger partial charge in [0.1, 0.15) is 34.5 Å². The maximum atomic E-state index is 14.4. The van der Waals surface area contributed by atoms with Crippen LogP contribution in [0.4, 0.5) is 0 Å². The number of hydrogen-bond donors (Lipinski definition) is 3. The Balaban J connectivity index is 1.50. The van der Waals surface area contributed by atoms with Gasteiger partial charge < -0.3 is 29.5 Å². The first-order chi connectivity index (χ1) is 45.4. The van der Waals surface area contributed by atoms with E-state index >= 15 is 0 Å². The van der Waals surface area contributed by atoms with E-state index in [4.69, 9.17) is 14.2 Å². The smallest absolute Gasteiger partial charge is 0.311 e. The molecule has 488 valence electrons. The third-order valence-corrected chi connectivity index (χ3v) is 17.0. The average Bonchev–Trinajstić information content (AvgIpc) is 0.782. The SMILES string of the molecule is C=CCc1cc(C(CC=C)CC(=O)Oc2c(CC=C)cc(C(C)CC(c3cc(CC=C)c(OC(=O)CC(CC=C)c4ccc(O)c(CC=C)c4)c(CC=C)c3)c3cc(CC=C)c(OC(=O)CC(CC=C)c4ccc(O)c(CC=C)c4)c(CC=C)c3)cc2CC=C)ccc1O. The summed E-state index contributed by atoms with van der Waals surface area (Å²) in [5.41, 5.74) is 12.2. The van der Waals surface area contributed by atoms with E-state index in [0.717, 1.165) is 66.8 Å². The van der Waals surface area contributed by atoms with Gasteiger partial charge in [-0.1, -0.05) is 153 Å². The highest BCUT2D eigenvalue weighted by Gasteiger charge is 2.29. The van der Waals surface area contributed by atoms with Crippen molar-refractivity contribution in [1.82, 2.24) is 0 Å². The lowest BCUT2D eigenvalue weighted by Crippen LogP contribution is -2.17. The number of carbonyl (C=O) groups is 3.